The van der Waals surface area contributed by atoms with Crippen LogP contribution in [0, 0.1) is 0 Å². The molecule has 65 heavy (non-hydrogen) atoms. The van der Waals surface area contributed by atoms with Crippen LogP contribution in [-0.4, -0.2) is 76.8 Å². The molecule has 0 saturated heterocycles. The number of fused-ring (bicyclic) bond motifs is 4. The minimum atomic E-state index is 0.551. The monoisotopic (exact) mass is 848 g/mol. The van der Waals surface area contributed by atoms with Crippen molar-refractivity contribution in [3.8, 4) is 78.8 Å². The topological polar surface area (TPSA) is 230 Å². The molecule has 0 aliphatic heterocycles. The molecule has 16 heteroatoms. The van der Waals surface area contributed by atoms with Crippen LogP contribution in [0.1, 0.15) is 12.5 Å². The van der Waals surface area contributed by atoms with Crippen LogP contribution in [0.4, 0.5) is 5.69 Å². The summed E-state index contributed by atoms with van der Waals surface area (Å²) in [6.07, 6.45) is 19.7. The fourth-order valence-electron chi connectivity index (χ4n) is 8.46. The molecule has 12 rings (SSSR count). The number of hydrogen-bond donors (Lipinski definition) is 6. The van der Waals surface area contributed by atoms with Gasteiger partial charge < -0.3 is 21.0 Å². The fourth-order valence-corrected chi connectivity index (χ4v) is 8.46. The van der Waals surface area contributed by atoms with Gasteiger partial charge in [-0.25, -0.2) is 9.97 Å². The molecule has 10 heterocycles. The van der Waals surface area contributed by atoms with Gasteiger partial charge in [-0.05, 0) is 95.0 Å². The molecule has 12 aromatic rings. The van der Waals surface area contributed by atoms with Gasteiger partial charge in [-0.3, -0.25) is 40.1 Å². The number of benzene rings is 2. The molecule has 16 nitrogen and oxygen atoms in total. The summed E-state index contributed by atoms with van der Waals surface area (Å²) >= 11 is 0. The molecular formula is C49H36N16. The fraction of sp³-hybridized carbons (Fsp3) is 0.0612. The lowest BCUT2D eigenvalue weighted by molar-refractivity contribution is 0.724. The molecule has 0 saturated carbocycles. The second-order valence-electron chi connectivity index (χ2n) is 15.7. The third kappa shape index (κ3) is 6.68. The van der Waals surface area contributed by atoms with Crippen molar-refractivity contribution in [2.24, 2.45) is 0 Å². The van der Waals surface area contributed by atoms with Crippen LogP contribution >= 0.6 is 0 Å². The average Bonchev–Trinajstić information content (AvgIpc) is 4.18. The normalized spacial score (nSPS) is 11.7. The van der Waals surface area contributed by atoms with Gasteiger partial charge in [-0.2, -0.15) is 10.2 Å². The summed E-state index contributed by atoms with van der Waals surface area (Å²) in [4.78, 5) is 44.3. The number of rotatable bonds is 10. The number of aromatic nitrogens is 14. The van der Waals surface area contributed by atoms with Crippen LogP contribution in [0.15, 0.2) is 135 Å². The SMILES string of the molecule is CCNCc1cncc(-c2ccc3[nH]nc(-c4nc5c(-c6ccnc(-c7cc(-c8cncc(N)c8)cc8c(-c9nc%10c(-c%11ccncc%11)cncc%10[nH]9)n[nH]c78)c6)cncc5[nH]4)c3c2)c1. The highest BCUT2D eigenvalue weighted by molar-refractivity contribution is 6.05. The van der Waals surface area contributed by atoms with E-state index >= 15 is 0 Å². The van der Waals surface area contributed by atoms with E-state index in [-0.39, 0.29) is 0 Å². The lowest BCUT2D eigenvalue weighted by Crippen LogP contribution is -2.11. The Balaban J connectivity index is 0.953. The molecule has 7 N–H and O–H groups in total. The van der Waals surface area contributed by atoms with Gasteiger partial charge in [-0.15, -0.1) is 0 Å². The first-order valence-corrected chi connectivity index (χ1v) is 21.0. The summed E-state index contributed by atoms with van der Waals surface area (Å²) in [5.41, 5.74) is 22.9. The van der Waals surface area contributed by atoms with Gasteiger partial charge in [0.05, 0.1) is 56.9 Å². The number of aromatic amines is 4. The van der Waals surface area contributed by atoms with Crippen molar-refractivity contribution in [3.63, 3.8) is 0 Å². The van der Waals surface area contributed by atoms with Crippen molar-refractivity contribution in [2.45, 2.75) is 13.5 Å². The molecule has 0 atom stereocenters. The predicted octanol–water partition coefficient (Wildman–Crippen LogP) is 8.92. The summed E-state index contributed by atoms with van der Waals surface area (Å²) in [5, 5.41) is 21.2. The molecule has 0 spiro atoms. The minimum Gasteiger partial charge on any atom is -0.397 e. The van der Waals surface area contributed by atoms with Gasteiger partial charge in [0, 0.05) is 101 Å². The maximum absolute atomic E-state index is 6.26. The Morgan fingerprint density at radius 2 is 1.20 bits per heavy atom. The standard InChI is InChI=1S/C49H36N16/c1-2-51-17-26-11-31(19-53-18-26)28-3-4-39-34(13-28)46(64-62-39)48-58-42-25-56-23-38(45(42)61-48)29-7-10-57-40(16-29)35-14-30(32-12-33(50)21-54-20-32)15-36-43(35)63-65-47(36)49-59-41-24-55-22-37(44(41)60-49)27-5-8-52-9-6-27/h3-16,18-25,51H,2,17,50H2,1H3,(H,58,61)(H,59,60)(H,62,64)(H,63,65). The molecule has 312 valence electrons. The first-order chi connectivity index (χ1) is 32.0. The van der Waals surface area contributed by atoms with Gasteiger partial charge in [0.1, 0.15) is 11.4 Å². The van der Waals surface area contributed by atoms with Crippen LogP contribution in [0.25, 0.3) is 123 Å². The van der Waals surface area contributed by atoms with E-state index in [1.54, 1.807) is 43.4 Å². The van der Waals surface area contributed by atoms with Crippen molar-refractivity contribution in [1.82, 2.24) is 75.6 Å². The zero-order valence-electron chi connectivity index (χ0n) is 34.7. The van der Waals surface area contributed by atoms with E-state index in [1.807, 2.05) is 61.2 Å². The molecule has 0 amide bonds. The van der Waals surface area contributed by atoms with E-state index < -0.39 is 0 Å². The minimum absolute atomic E-state index is 0.551. The van der Waals surface area contributed by atoms with E-state index in [1.165, 1.54) is 0 Å². The van der Waals surface area contributed by atoms with Crippen molar-refractivity contribution in [2.75, 3.05) is 12.3 Å². The van der Waals surface area contributed by atoms with Crippen LogP contribution in [0.2, 0.25) is 0 Å². The third-order valence-electron chi connectivity index (χ3n) is 11.6. The largest absolute Gasteiger partial charge is 0.397 e. The number of imidazole rings is 2. The van der Waals surface area contributed by atoms with E-state index in [4.69, 9.17) is 30.9 Å². The second kappa shape index (κ2) is 15.4. The Hall–Kier alpha value is -9.02. The van der Waals surface area contributed by atoms with Crippen LogP contribution in [-0.2, 0) is 6.54 Å². The van der Waals surface area contributed by atoms with E-state index in [2.05, 4.69) is 87.7 Å². The maximum atomic E-state index is 6.26. The molecule has 10 aromatic heterocycles. The number of hydrogen-bond acceptors (Lipinski definition) is 12. The molecule has 0 fully saturated rings. The number of anilines is 1. The second-order valence-corrected chi connectivity index (χ2v) is 15.7. The van der Waals surface area contributed by atoms with Crippen LogP contribution < -0.4 is 11.1 Å². The summed E-state index contributed by atoms with van der Waals surface area (Å²) in [5.74, 6) is 1.21. The lowest BCUT2D eigenvalue weighted by Gasteiger charge is -2.10. The molecule has 0 unspecified atom stereocenters. The Morgan fingerprint density at radius 1 is 0.523 bits per heavy atom. The van der Waals surface area contributed by atoms with Gasteiger partial charge >= 0.3 is 0 Å². The molecule has 0 radical (unpaired) electrons. The number of nitrogens with one attached hydrogen (secondary N) is 5. The highest BCUT2D eigenvalue weighted by Gasteiger charge is 2.22. The zero-order valence-corrected chi connectivity index (χ0v) is 34.7. The maximum Gasteiger partial charge on any atom is 0.159 e. The summed E-state index contributed by atoms with van der Waals surface area (Å²) in [7, 11) is 0. The van der Waals surface area contributed by atoms with E-state index in [0.29, 0.717) is 34.4 Å². The first-order valence-electron chi connectivity index (χ1n) is 21.0. The Morgan fingerprint density at radius 3 is 1.97 bits per heavy atom. The number of nitrogen functional groups attached to an aromatic ring is 1. The van der Waals surface area contributed by atoms with Crippen molar-refractivity contribution in [3.05, 3.63) is 140 Å². The number of nitrogens with zero attached hydrogens (tertiary/aromatic N) is 10. The average molecular weight is 849 g/mol. The van der Waals surface area contributed by atoms with Crippen molar-refractivity contribution in [1.29, 1.82) is 0 Å². The highest BCUT2D eigenvalue weighted by Crippen LogP contribution is 2.40. The summed E-state index contributed by atoms with van der Waals surface area (Å²) < 4.78 is 0. The lowest BCUT2D eigenvalue weighted by atomic mass is 9.97. The van der Waals surface area contributed by atoms with Crippen LogP contribution in [0.5, 0.6) is 0 Å². The molecule has 0 bridgehead atoms. The molecule has 2 aromatic carbocycles. The first kappa shape index (κ1) is 37.7. The number of pyridine rings is 6. The van der Waals surface area contributed by atoms with Crippen molar-refractivity contribution < 1.29 is 0 Å². The summed E-state index contributed by atoms with van der Waals surface area (Å²) in [6, 6.07) is 22.4. The van der Waals surface area contributed by atoms with E-state index in [0.717, 1.165) is 113 Å². The predicted molar refractivity (Wildman–Crippen MR) is 252 cm³/mol. The van der Waals surface area contributed by atoms with E-state index in [9.17, 15) is 0 Å². The Labute approximate surface area is 369 Å². The highest BCUT2D eigenvalue weighted by atomic mass is 15.1. The van der Waals surface area contributed by atoms with Gasteiger partial charge in [0.15, 0.2) is 11.6 Å². The smallest absolute Gasteiger partial charge is 0.159 e. The van der Waals surface area contributed by atoms with Gasteiger partial charge in [0.2, 0.25) is 0 Å². The zero-order chi connectivity index (χ0) is 43.4. The summed E-state index contributed by atoms with van der Waals surface area (Å²) in [6.45, 7) is 3.73. The van der Waals surface area contributed by atoms with Crippen LogP contribution in [0.3, 0.4) is 0 Å². The molecule has 0 aliphatic carbocycles. The number of H-pyrrole nitrogens is 4. The van der Waals surface area contributed by atoms with Crippen molar-refractivity contribution >= 4 is 49.6 Å². The quantitative estimate of drug-likeness (QED) is 0.0758. The molecule has 0 aliphatic rings. The van der Waals surface area contributed by atoms with Gasteiger partial charge in [0.25, 0.3) is 0 Å². The third-order valence-corrected chi connectivity index (χ3v) is 11.6. The number of nitrogens with two attached hydrogens (primary N) is 1. The Kier molecular flexibility index (Phi) is 8.94. The van der Waals surface area contributed by atoms with Gasteiger partial charge in [-0.1, -0.05) is 13.0 Å². The molecular weight excluding hydrogens is 813 g/mol. The Bertz CT molecular complexity index is 3750.